The Morgan fingerprint density at radius 3 is 2.86 bits per heavy atom. The van der Waals surface area contributed by atoms with Gasteiger partial charge in [0.15, 0.2) is 0 Å². The van der Waals surface area contributed by atoms with Crippen molar-refractivity contribution in [1.29, 1.82) is 0 Å². The second-order valence-electron chi connectivity index (χ2n) is 3.79. The molecule has 1 aromatic carbocycles. The maximum atomic E-state index is 13.4. The fraction of sp³-hybridized carbons (Fsp3) is 0.455. The lowest BCUT2D eigenvalue weighted by Crippen LogP contribution is -2.23. The van der Waals surface area contributed by atoms with E-state index in [2.05, 4.69) is 4.90 Å². The molecule has 14 heavy (non-hydrogen) atoms. The summed E-state index contributed by atoms with van der Waals surface area (Å²) >= 11 is 0. The number of benzene rings is 1. The van der Waals surface area contributed by atoms with Gasteiger partial charge in [0, 0.05) is 13.1 Å². The number of hydrogen-bond donors (Lipinski definition) is 1. The molecule has 0 unspecified atom stereocenters. The van der Waals surface area contributed by atoms with E-state index < -0.39 is 0 Å². The van der Waals surface area contributed by atoms with Crippen molar-refractivity contribution in [3.8, 4) is 0 Å². The van der Waals surface area contributed by atoms with Crippen molar-refractivity contribution in [1.82, 2.24) is 0 Å². The molecule has 2 N–H and O–H groups in total. The van der Waals surface area contributed by atoms with E-state index in [1.807, 2.05) is 12.1 Å². The van der Waals surface area contributed by atoms with Gasteiger partial charge in [0.1, 0.15) is 5.82 Å². The Kier molecular flexibility index (Phi) is 2.68. The van der Waals surface area contributed by atoms with Crippen LogP contribution in [0.3, 0.4) is 0 Å². The smallest absolute Gasteiger partial charge is 0.146 e. The first kappa shape index (κ1) is 9.46. The average Bonchev–Trinajstić information content (AvgIpc) is 2.67. The van der Waals surface area contributed by atoms with Gasteiger partial charge in [-0.1, -0.05) is 12.1 Å². The summed E-state index contributed by atoms with van der Waals surface area (Å²) in [5.74, 6) is 0.389. The molecule has 0 aromatic heterocycles. The first-order valence-electron chi connectivity index (χ1n) is 5.01. The van der Waals surface area contributed by atoms with Crippen LogP contribution in [-0.4, -0.2) is 19.6 Å². The zero-order chi connectivity index (χ0) is 9.97. The fourth-order valence-corrected chi connectivity index (χ4v) is 1.95. The summed E-state index contributed by atoms with van der Waals surface area (Å²) in [6.45, 7) is 2.51. The summed E-state index contributed by atoms with van der Waals surface area (Å²) in [6, 6.07) is 6.92. The Labute approximate surface area is 83.5 Å². The number of anilines is 1. The minimum Gasteiger partial charge on any atom is -0.369 e. The SMILES string of the molecule is NC[C@@H]1CCN(c2ccccc2F)C1. The van der Waals surface area contributed by atoms with Gasteiger partial charge in [-0.15, -0.1) is 0 Å². The lowest BCUT2D eigenvalue weighted by Gasteiger charge is -2.18. The second kappa shape index (κ2) is 3.96. The largest absolute Gasteiger partial charge is 0.369 e. The molecule has 0 saturated carbocycles. The number of para-hydroxylation sites is 1. The van der Waals surface area contributed by atoms with Crippen LogP contribution in [0.25, 0.3) is 0 Å². The van der Waals surface area contributed by atoms with Crippen molar-refractivity contribution < 1.29 is 4.39 Å². The van der Waals surface area contributed by atoms with E-state index in [1.54, 1.807) is 6.07 Å². The third-order valence-corrected chi connectivity index (χ3v) is 2.81. The lowest BCUT2D eigenvalue weighted by atomic mass is 10.1. The van der Waals surface area contributed by atoms with Crippen LogP contribution in [0.1, 0.15) is 6.42 Å². The van der Waals surface area contributed by atoms with Crippen molar-refractivity contribution in [2.75, 3.05) is 24.5 Å². The molecule has 0 bridgehead atoms. The molecular formula is C11H15FN2. The quantitative estimate of drug-likeness (QED) is 0.775. The van der Waals surface area contributed by atoms with Gasteiger partial charge in [-0.3, -0.25) is 0 Å². The Hall–Kier alpha value is -1.09. The van der Waals surface area contributed by atoms with E-state index in [1.165, 1.54) is 6.07 Å². The Morgan fingerprint density at radius 2 is 2.21 bits per heavy atom. The van der Waals surface area contributed by atoms with Crippen LogP contribution in [0.15, 0.2) is 24.3 Å². The molecule has 1 atom stereocenters. The van der Waals surface area contributed by atoms with Crippen LogP contribution in [0.2, 0.25) is 0 Å². The molecule has 0 spiro atoms. The Balaban J connectivity index is 2.13. The second-order valence-corrected chi connectivity index (χ2v) is 3.79. The highest BCUT2D eigenvalue weighted by Gasteiger charge is 2.22. The van der Waals surface area contributed by atoms with Gasteiger partial charge < -0.3 is 10.6 Å². The molecular weight excluding hydrogens is 179 g/mol. The molecule has 1 fully saturated rings. The van der Waals surface area contributed by atoms with Crippen molar-refractivity contribution in [2.45, 2.75) is 6.42 Å². The standard InChI is InChI=1S/C11H15FN2/c12-10-3-1-2-4-11(10)14-6-5-9(7-13)8-14/h1-4,9H,5-8,13H2/t9-/m0/s1. The summed E-state index contributed by atoms with van der Waals surface area (Å²) in [5, 5.41) is 0. The monoisotopic (exact) mass is 194 g/mol. The number of nitrogens with zero attached hydrogens (tertiary/aromatic N) is 1. The van der Waals surface area contributed by atoms with Crippen LogP contribution < -0.4 is 10.6 Å². The third kappa shape index (κ3) is 1.73. The van der Waals surface area contributed by atoms with Gasteiger partial charge in [-0.05, 0) is 31.0 Å². The van der Waals surface area contributed by atoms with Gasteiger partial charge in [-0.25, -0.2) is 4.39 Å². The first-order valence-corrected chi connectivity index (χ1v) is 5.01. The lowest BCUT2D eigenvalue weighted by molar-refractivity contribution is 0.597. The molecule has 1 aliphatic heterocycles. The number of nitrogens with two attached hydrogens (primary N) is 1. The predicted molar refractivity (Wildman–Crippen MR) is 55.8 cm³/mol. The van der Waals surface area contributed by atoms with Gasteiger partial charge in [0.05, 0.1) is 5.69 Å². The molecule has 2 rings (SSSR count). The number of hydrogen-bond acceptors (Lipinski definition) is 2. The third-order valence-electron chi connectivity index (χ3n) is 2.81. The van der Waals surface area contributed by atoms with Gasteiger partial charge in [0.2, 0.25) is 0 Å². The zero-order valence-corrected chi connectivity index (χ0v) is 8.12. The maximum absolute atomic E-state index is 13.4. The van der Waals surface area contributed by atoms with Crippen molar-refractivity contribution in [3.63, 3.8) is 0 Å². The summed E-state index contributed by atoms with van der Waals surface area (Å²) in [5.41, 5.74) is 6.30. The van der Waals surface area contributed by atoms with Crippen molar-refractivity contribution in [2.24, 2.45) is 11.7 Å². The Morgan fingerprint density at radius 1 is 1.43 bits per heavy atom. The highest BCUT2D eigenvalue weighted by atomic mass is 19.1. The normalized spacial score (nSPS) is 21.6. The molecule has 1 aliphatic rings. The predicted octanol–water partition coefficient (Wildman–Crippen LogP) is 1.61. The molecule has 0 aliphatic carbocycles. The summed E-state index contributed by atoms with van der Waals surface area (Å²) in [6.07, 6.45) is 1.07. The van der Waals surface area contributed by atoms with Crippen LogP contribution in [0, 0.1) is 11.7 Å². The zero-order valence-electron chi connectivity index (χ0n) is 8.12. The minimum atomic E-state index is -0.134. The molecule has 0 amide bonds. The van der Waals surface area contributed by atoms with E-state index in [-0.39, 0.29) is 5.82 Å². The molecule has 1 saturated heterocycles. The van der Waals surface area contributed by atoms with Gasteiger partial charge in [0.25, 0.3) is 0 Å². The van der Waals surface area contributed by atoms with Crippen LogP contribution in [0.4, 0.5) is 10.1 Å². The molecule has 76 valence electrons. The van der Waals surface area contributed by atoms with Crippen LogP contribution >= 0.6 is 0 Å². The Bertz CT molecular complexity index is 314. The van der Waals surface area contributed by atoms with Crippen LogP contribution in [0.5, 0.6) is 0 Å². The molecule has 2 nitrogen and oxygen atoms in total. The van der Waals surface area contributed by atoms with Gasteiger partial charge >= 0.3 is 0 Å². The average molecular weight is 194 g/mol. The number of rotatable bonds is 2. The van der Waals surface area contributed by atoms with E-state index in [4.69, 9.17) is 5.73 Å². The topological polar surface area (TPSA) is 29.3 Å². The summed E-state index contributed by atoms with van der Waals surface area (Å²) in [4.78, 5) is 2.08. The highest BCUT2D eigenvalue weighted by molar-refractivity contribution is 5.48. The fourth-order valence-electron chi connectivity index (χ4n) is 1.95. The highest BCUT2D eigenvalue weighted by Crippen LogP contribution is 2.25. The van der Waals surface area contributed by atoms with Gasteiger partial charge in [-0.2, -0.15) is 0 Å². The summed E-state index contributed by atoms with van der Waals surface area (Å²) < 4.78 is 13.4. The van der Waals surface area contributed by atoms with Crippen molar-refractivity contribution >= 4 is 5.69 Å². The van der Waals surface area contributed by atoms with E-state index >= 15 is 0 Å². The van der Waals surface area contributed by atoms with Crippen LogP contribution in [-0.2, 0) is 0 Å². The van der Waals surface area contributed by atoms with Crippen molar-refractivity contribution in [3.05, 3.63) is 30.1 Å². The number of halogens is 1. The molecule has 3 heteroatoms. The van der Waals surface area contributed by atoms with E-state index in [0.717, 1.165) is 19.5 Å². The minimum absolute atomic E-state index is 0.134. The van der Waals surface area contributed by atoms with E-state index in [9.17, 15) is 4.39 Å². The summed E-state index contributed by atoms with van der Waals surface area (Å²) in [7, 11) is 0. The molecule has 0 radical (unpaired) electrons. The first-order chi connectivity index (χ1) is 6.81. The molecule has 1 aromatic rings. The van der Waals surface area contributed by atoms with E-state index in [0.29, 0.717) is 18.2 Å². The maximum Gasteiger partial charge on any atom is 0.146 e. The molecule has 1 heterocycles.